The van der Waals surface area contributed by atoms with Crippen molar-refractivity contribution in [2.24, 2.45) is 16.7 Å². The molecule has 0 unspecified atom stereocenters. The van der Waals surface area contributed by atoms with Crippen molar-refractivity contribution in [3.63, 3.8) is 0 Å². The van der Waals surface area contributed by atoms with Crippen LogP contribution in [0, 0.1) is 16.7 Å². The van der Waals surface area contributed by atoms with Gasteiger partial charge >= 0.3 is 0 Å². The number of Topliss-reactive ketones (excluding diaryl/α,β-unsaturated/α-hetero) is 2. The van der Waals surface area contributed by atoms with E-state index in [1.165, 1.54) is 6.92 Å². The Morgan fingerprint density at radius 1 is 1.30 bits per heavy atom. The maximum Gasteiger partial charge on any atom is 0.174 e. The van der Waals surface area contributed by atoms with Crippen LogP contribution in [0.2, 0.25) is 0 Å². The summed E-state index contributed by atoms with van der Waals surface area (Å²) >= 11 is 0. The highest BCUT2D eigenvalue weighted by Crippen LogP contribution is 2.62. The van der Waals surface area contributed by atoms with E-state index in [2.05, 4.69) is 13.8 Å². The molecule has 2 nitrogen and oxygen atoms in total. The van der Waals surface area contributed by atoms with Gasteiger partial charge in [0.1, 0.15) is 5.78 Å². The fraction of sp³-hybridized carbons (Fsp3) is 0.882. The molecule has 0 heterocycles. The van der Waals surface area contributed by atoms with Crippen molar-refractivity contribution in [3.8, 4) is 0 Å². The molecule has 3 heteroatoms. The number of fused-ring (bicyclic) bond motifs is 1. The normalized spacial score (nSPS) is 40.2. The van der Waals surface area contributed by atoms with Gasteiger partial charge in [0.25, 0.3) is 0 Å². The molecule has 2 rings (SSSR count). The maximum atomic E-state index is 15.7. The van der Waals surface area contributed by atoms with Crippen LogP contribution in [0.25, 0.3) is 0 Å². The molecule has 2 fully saturated rings. The number of halogens is 1. The van der Waals surface area contributed by atoms with E-state index in [4.69, 9.17) is 0 Å². The van der Waals surface area contributed by atoms with Gasteiger partial charge in [-0.05, 0) is 43.9 Å². The average molecular weight is 282 g/mol. The van der Waals surface area contributed by atoms with Gasteiger partial charge in [0, 0.05) is 18.3 Å². The molecule has 0 aromatic carbocycles. The third kappa shape index (κ3) is 2.23. The van der Waals surface area contributed by atoms with E-state index in [9.17, 15) is 9.59 Å². The summed E-state index contributed by atoms with van der Waals surface area (Å²) < 4.78 is 15.7. The molecule has 2 saturated carbocycles. The molecule has 2 aliphatic rings. The highest BCUT2D eigenvalue weighted by Gasteiger charge is 2.63. The van der Waals surface area contributed by atoms with E-state index >= 15 is 4.39 Å². The van der Waals surface area contributed by atoms with Gasteiger partial charge < -0.3 is 4.79 Å². The zero-order chi connectivity index (χ0) is 15.2. The monoisotopic (exact) mass is 282 g/mol. The molecule has 0 amide bonds. The Balaban J connectivity index is 2.37. The van der Waals surface area contributed by atoms with E-state index in [-0.39, 0.29) is 35.7 Å². The number of hydrogen-bond acceptors (Lipinski definition) is 2. The van der Waals surface area contributed by atoms with Crippen LogP contribution >= 0.6 is 0 Å². The highest BCUT2D eigenvalue weighted by molar-refractivity contribution is 5.90. The molecule has 0 spiro atoms. The van der Waals surface area contributed by atoms with E-state index in [0.29, 0.717) is 6.42 Å². The zero-order valence-electron chi connectivity index (χ0n) is 13.2. The Hall–Kier alpha value is -0.730. The van der Waals surface area contributed by atoms with Crippen molar-refractivity contribution in [2.75, 3.05) is 0 Å². The lowest BCUT2D eigenvalue weighted by Gasteiger charge is -2.58. The van der Waals surface area contributed by atoms with Gasteiger partial charge in [-0.1, -0.05) is 27.2 Å². The molecule has 0 radical (unpaired) electrons. The van der Waals surface area contributed by atoms with Crippen molar-refractivity contribution >= 4 is 11.6 Å². The predicted octanol–water partition coefficient (Wildman–Crippen LogP) is 4.26. The zero-order valence-corrected chi connectivity index (χ0v) is 13.2. The van der Waals surface area contributed by atoms with Crippen molar-refractivity contribution in [1.29, 1.82) is 0 Å². The average Bonchev–Trinajstić information content (AvgIpc) is 2.32. The van der Waals surface area contributed by atoms with Gasteiger partial charge in [0.15, 0.2) is 11.5 Å². The lowest BCUT2D eigenvalue weighted by molar-refractivity contribution is -0.170. The van der Waals surface area contributed by atoms with Gasteiger partial charge in [0.05, 0.1) is 0 Å². The molecule has 3 atom stereocenters. The molecular weight excluding hydrogens is 255 g/mol. The first-order valence-corrected chi connectivity index (χ1v) is 7.85. The minimum atomic E-state index is -1.81. The summed E-state index contributed by atoms with van der Waals surface area (Å²) in [5, 5.41) is 0. The number of ketones is 2. The molecule has 0 aromatic rings. The van der Waals surface area contributed by atoms with E-state index < -0.39 is 11.1 Å². The van der Waals surface area contributed by atoms with E-state index in [0.717, 1.165) is 25.7 Å². The smallest absolute Gasteiger partial charge is 0.174 e. The van der Waals surface area contributed by atoms with E-state index in [1.54, 1.807) is 0 Å². The van der Waals surface area contributed by atoms with E-state index in [1.807, 2.05) is 6.92 Å². The number of carbonyl (C=O) groups is 2. The topological polar surface area (TPSA) is 34.1 Å². The second kappa shape index (κ2) is 4.92. The Morgan fingerprint density at radius 2 is 1.95 bits per heavy atom. The fourth-order valence-electron chi connectivity index (χ4n) is 4.87. The van der Waals surface area contributed by atoms with Gasteiger partial charge in [0.2, 0.25) is 0 Å². The van der Waals surface area contributed by atoms with Gasteiger partial charge in [-0.3, -0.25) is 4.79 Å². The standard InChI is InChI=1S/C17H27FO2/c1-12(19)8-11-17(18)14(20)7-6-13-15(2,3)9-5-10-16(13,17)4/h13H,5-11H2,1-4H3/t13-,16-,17-/m0/s1. The van der Waals surface area contributed by atoms with Crippen LogP contribution in [0.1, 0.15) is 72.6 Å². The van der Waals surface area contributed by atoms with Crippen LogP contribution in [0.3, 0.4) is 0 Å². The molecule has 0 aromatic heterocycles. The Kier molecular flexibility index (Phi) is 3.85. The van der Waals surface area contributed by atoms with Crippen molar-refractivity contribution < 1.29 is 14.0 Å². The van der Waals surface area contributed by atoms with Crippen LogP contribution in [0.15, 0.2) is 0 Å². The molecule has 0 bridgehead atoms. The molecule has 0 N–H and O–H groups in total. The molecule has 0 saturated heterocycles. The fourth-order valence-corrected chi connectivity index (χ4v) is 4.87. The quantitative estimate of drug-likeness (QED) is 0.775. The summed E-state index contributed by atoms with van der Waals surface area (Å²) in [5.74, 6) is -0.0655. The van der Waals surface area contributed by atoms with Gasteiger partial charge in [-0.15, -0.1) is 0 Å². The minimum absolute atomic E-state index is 0.0318. The first-order chi connectivity index (χ1) is 9.13. The number of hydrogen-bond donors (Lipinski definition) is 0. The van der Waals surface area contributed by atoms with Crippen molar-refractivity contribution in [1.82, 2.24) is 0 Å². The third-order valence-corrected chi connectivity index (χ3v) is 6.06. The van der Waals surface area contributed by atoms with Gasteiger partial charge in [-0.2, -0.15) is 0 Å². The minimum Gasteiger partial charge on any atom is -0.300 e. The second-order valence-electron chi connectivity index (χ2n) is 7.78. The Morgan fingerprint density at radius 3 is 2.55 bits per heavy atom. The third-order valence-electron chi connectivity index (χ3n) is 6.06. The lowest BCUT2D eigenvalue weighted by Crippen LogP contribution is -2.61. The number of rotatable bonds is 3. The second-order valence-corrected chi connectivity index (χ2v) is 7.78. The summed E-state index contributed by atoms with van der Waals surface area (Å²) in [5.41, 5.74) is -2.32. The highest BCUT2D eigenvalue weighted by atomic mass is 19.1. The first kappa shape index (κ1) is 15.7. The molecule has 114 valence electrons. The number of alkyl halides is 1. The summed E-state index contributed by atoms with van der Waals surface area (Å²) in [7, 11) is 0. The molecule has 2 aliphatic carbocycles. The summed E-state index contributed by atoms with van der Waals surface area (Å²) in [6.45, 7) is 7.84. The summed E-state index contributed by atoms with van der Waals surface area (Å²) in [6, 6.07) is 0. The predicted molar refractivity (Wildman–Crippen MR) is 77.2 cm³/mol. The Bertz CT molecular complexity index is 429. The van der Waals surface area contributed by atoms with Crippen LogP contribution in [-0.4, -0.2) is 17.2 Å². The summed E-state index contributed by atoms with van der Waals surface area (Å²) in [4.78, 5) is 23.6. The molecule has 0 aliphatic heterocycles. The Labute approximate surface area is 121 Å². The van der Waals surface area contributed by atoms with Crippen LogP contribution in [0.5, 0.6) is 0 Å². The summed E-state index contributed by atoms with van der Waals surface area (Å²) in [6.07, 6.45) is 4.21. The maximum absolute atomic E-state index is 15.7. The largest absolute Gasteiger partial charge is 0.300 e. The number of carbonyl (C=O) groups excluding carboxylic acids is 2. The molecular formula is C17H27FO2. The van der Waals surface area contributed by atoms with Crippen molar-refractivity contribution in [3.05, 3.63) is 0 Å². The lowest BCUT2D eigenvalue weighted by atomic mass is 9.46. The first-order valence-electron chi connectivity index (χ1n) is 7.85. The molecule has 20 heavy (non-hydrogen) atoms. The van der Waals surface area contributed by atoms with Crippen LogP contribution < -0.4 is 0 Å². The van der Waals surface area contributed by atoms with Crippen molar-refractivity contribution in [2.45, 2.75) is 78.3 Å². The van der Waals surface area contributed by atoms with Gasteiger partial charge in [-0.25, -0.2) is 4.39 Å². The van der Waals surface area contributed by atoms with Crippen LogP contribution in [0.4, 0.5) is 4.39 Å². The SMILES string of the molecule is CC(=O)CC[C@]1(F)C(=O)CC[C@H]2C(C)(C)CCC[C@@]21C. The van der Waals surface area contributed by atoms with Crippen LogP contribution in [-0.2, 0) is 9.59 Å².